The van der Waals surface area contributed by atoms with E-state index in [0.29, 0.717) is 12.0 Å². The highest BCUT2D eigenvalue weighted by atomic mass is 32.2. The second-order valence-electron chi connectivity index (χ2n) is 5.45. The van der Waals surface area contributed by atoms with Crippen LogP contribution in [0.2, 0.25) is 0 Å². The predicted molar refractivity (Wildman–Crippen MR) is 89.6 cm³/mol. The number of benzene rings is 1. The van der Waals surface area contributed by atoms with Gasteiger partial charge in [-0.25, -0.2) is 0 Å². The van der Waals surface area contributed by atoms with Gasteiger partial charge in [-0.2, -0.15) is 0 Å². The fourth-order valence-corrected chi connectivity index (χ4v) is 3.41. The minimum absolute atomic E-state index is 0.551. The molecule has 2 unspecified atom stereocenters. The Hall–Kier alpha value is -0.510. The van der Waals surface area contributed by atoms with Crippen LogP contribution in [0.25, 0.3) is 0 Å². The van der Waals surface area contributed by atoms with Gasteiger partial charge < -0.3 is 10.1 Å². The Morgan fingerprint density at radius 2 is 2.15 bits per heavy atom. The summed E-state index contributed by atoms with van der Waals surface area (Å²) in [5, 5.41) is 3.69. The van der Waals surface area contributed by atoms with Crippen LogP contribution >= 0.6 is 11.8 Å². The fourth-order valence-electron chi connectivity index (χ4n) is 2.15. The highest BCUT2D eigenvalue weighted by Gasteiger charge is 2.16. The van der Waals surface area contributed by atoms with Gasteiger partial charge in [0.1, 0.15) is 0 Å². The number of hydrogen-bond acceptors (Lipinski definition) is 3. The average Bonchev–Trinajstić information content (AvgIpc) is 2.45. The molecule has 0 saturated heterocycles. The van der Waals surface area contributed by atoms with Crippen LogP contribution in [0, 0.1) is 12.8 Å². The molecular weight excluding hydrogens is 266 g/mol. The Kier molecular flexibility index (Phi) is 8.99. The van der Waals surface area contributed by atoms with E-state index >= 15 is 0 Å². The van der Waals surface area contributed by atoms with Crippen molar-refractivity contribution in [1.29, 1.82) is 0 Å². The molecule has 1 aromatic rings. The Morgan fingerprint density at radius 1 is 1.35 bits per heavy atom. The van der Waals surface area contributed by atoms with E-state index in [9.17, 15) is 0 Å². The number of hydrogen-bond donors (Lipinski definition) is 1. The first kappa shape index (κ1) is 17.5. The topological polar surface area (TPSA) is 21.3 Å². The summed E-state index contributed by atoms with van der Waals surface area (Å²) in [6.07, 6.45) is 2.30. The van der Waals surface area contributed by atoms with E-state index in [1.165, 1.54) is 16.9 Å². The summed E-state index contributed by atoms with van der Waals surface area (Å²) in [7, 11) is 1.78. The van der Waals surface area contributed by atoms with Crippen LogP contribution in [-0.4, -0.2) is 32.1 Å². The summed E-state index contributed by atoms with van der Waals surface area (Å²) in [5.41, 5.74) is 1.33. The molecule has 0 aliphatic heterocycles. The van der Waals surface area contributed by atoms with Crippen molar-refractivity contribution in [1.82, 2.24) is 5.32 Å². The van der Waals surface area contributed by atoms with Crippen LogP contribution in [0.5, 0.6) is 0 Å². The second-order valence-corrected chi connectivity index (χ2v) is 6.54. The molecule has 0 fully saturated rings. The maximum atomic E-state index is 5.21. The van der Waals surface area contributed by atoms with E-state index in [1.807, 2.05) is 11.8 Å². The van der Waals surface area contributed by atoms with Crippen molar-refractivity contribution in [3.8, 4) is 0 Å². The monoisotopic (exact) mass is 295 g/mol. The maximum Gasteiger partial charge on any atom is 0.0465 e. The second kappa shape index (κ2) is 10.3. The summed E-state index contributed by atoms with van der Waals surface area (Å²) in [6.45, 7) is 8.63. The molecule has 1 aromatic carbocycles. The summed E-state index contributed by atoms with van der Waals surface area (Å²) in [5.74, 6) is 1.76. The normalized spacial score (nSPS) is 14.2. The van der Waals surface area contributed by atoms with E-state index in [1.54, 1.807) is 7.11 Å². The first-order chi connectivity index (χ1) is 9.67. The van der Waals surface area contributed by atoms with E-state index in [4.69, 9.17) is 4.74 Å². The van der Waals surface area contributed by atoms with Gasteiger partial charge in [0.05, 0.1) is 0 Å². The van der Waals surface area contributed by atoms with Crippen LogP contribution in [0.1, 0.15) is 32.3 Å². The lowest BCUT2D eigenvalue weighted by atomic mass is 10.00. The molecule has 0 bridgehead atoms. The molecule has 114 valence electrons. The first-order valence-electron chi connectivity index (χ1n) is 7.59. The Balaban J connectivity index is 2.50. The number of nitrogens with one attached hydrogen (secondary N) is 1. The smallest absolute Gasteiger partial charge is 0.0465 e. The van der Waals surface area contributed by atoms with Gasteiger partial charge in [-0.05, 0) is 44.4 Å². The standard InChI is InChI=1S/C17H29NOS/c1-5-10-18-17(15(3)9-11-19-4)13-20-16-8-6-7-14(2)12-16/h6-8,12,15,17-18H,5,9-11,13H2,1-4H3. The maximum absolute atomic E-state index is 5.21. The number of thioether (sulfide) groups is 1. The molecule has 2 atom stereocenters. The van der Waals surface area contributed by atoms with E-state index < -0.39 is 0 Å². The van der Waals surface area contributed by atoms with Gasteiger partial charge in [0.2, 0.25) is 0 Å². The molecule has 0 saturated carbocycles. The van der Waals surface area contributed by atoms with Gasteiger partial charge in [0.15, 0.2) is 0 Å². The SMILES string of the molecule is CCCNC(CSc1cccc(C)c1)C(C)CCOC. The molecule has 0 radical (unpaired) electrons. The molecule has 1 N–H and O–H groups in total. The number of methoxy groups -OCH3 is 1. The van der Waals surface area contributed by atoms with Crippen LogP contribution in [0.4, 0.5) is 0 Å². The zero-order chi connectivity index (χ0) is 14.8. The molecule has 3 heteroatoms. The lowest BCUT2D eigenvalue weighted by molar-refractivity contribution is 0.172. The third-order valence-corrected chi connectivity index (χ3v) is 4.65. The summed E-state index contributed by atoms with van der Waals surface area (Å²) in [6, 6.07) is 9.31. The Morgan fingerprint density at radius 3 is 2.80 bits per heavy atom. The number of ether oxygens (including phenoxy) is 1. The molecule has 2 nitrogen and oxygen atoms in total. The summed E-state index contributed by atoms with van der Waals surface area (Å²) >= 11 is 1.95. The van der Waals surface area contributed by atoms with Crippen LogP contribution in [0.15, 0.2) is 29.2 Å². The minimum atomic E-state index is 0.551. The van der Waals surface area contributed by atoms with Crippen molar-refractivity contribution >= 4 is 11.8 Å². The number of rotatable bonds is 10. The average molecular weight is 295 g/mol. The lowest BCUT2D eigenvalue weighted by Gasteiger charge is -2.25. The quantitative estimate of drug-likeness (QED) is 0.656. The van der Waals surface area contributed by atoms with E-state index in [-0.39, 0.29) is 0 Å². The van der Waals surface area contributed by atoms with Gasteiger partial charge in [-0.1, -0.05) is 31.5 Å². The van der Waals surface area contributed by atoms with Crippen LogP contribution in [0.3, 0.4) is 0 Å². The molecule has 0 spiro atoms. The lowest BCUT2D eigenvalue weighted by Crippen LogP contribution is -2.38. The Bertz CT molecular complexity index is 370. The highest BCUT2D eigenvalue weighted by molar-refractivity contribution is 7.99. The van der Waals surface area contributed by atoms with Crippen LogP contribution in [-0.2, 0) is 4.74 Å². The van der Waals surface area contributed by atoms with E-state index in [2.05, 4.69) is 50.4 Å². The molecule has 0 amide bonds. The number of aryl methyl sites for hydroxylation is 1. The van der Waals surface area contributed by atoms with Crippen molar-refractivity contribution in [3.63, 3.8) is 0 Å². The largest absolute Gasteiger partial charge is 0.385 e. The van der Waals surface area contributed by atoms with Gasteiger partial charge in [-0.15, -0.1) is 11.8 Å². The third kappa shape index (κ3) is 6.78. The molecule has 0 aliphatic carbocycles. The highest BCUT2D eigenvalue weighted by Crippen LogP contribution is 2.22. The Labute approximate surface area is 128 Å². The molecule has 1 rings (SSSR count). The fraction of sp³-hybridized carbons (Fsp3) is 0.647. The minimum Gasteiger partial charge on any atom is -0.385 e. The van der Waals surface area contributed by atoms with Gasteiger partial charge in [-0.3, -0.25) is 0 Å². The van der Waals surface area contributed by atoms with Crippen LogP contribution < -0.4 is 5.32 Å². The summed E-state index contributed by atoms with van der Waals surface area (Å²) < 4.78 is 5.21. The molecule has 0 heterocycles. The van der Waals surface area contributed by atoms with Crippen molar-refractivity contribution in [3.05, 3.63) is 29.8 Å². The van der Waals surface area contributed by atoms with E-state index in [0.717, 1.165) is 25.3 Å². The van der Waals surface area contributed by atoms with Crippen molar-refractivity contribution in [2.75, 3.05) is 26.0 Å². The third-order valence-electron chi connectivity index (χ3n) is 3.54. The zero-order valence-corrected chi connectivity index (χ0v) is 14.1. The summed E-state index contributed by atoms with van der Waals surface area (Å²) in [4.78, 5) is 1.37. The molecule has 0 aromatic heterocycles. The molecular formula is C17H29NOS. The van der Waals surface area contributed by atoms with Gasteiger partial charge in [0.25, 0.3) is 0 Å². The van der Waals surface area contributed by atoms with Crippen molar-refractivity contribution in [2.45, 2.75) is 44.6 Å². The van der Waals surface area contributed by atoms with Crippen molar-refractivity contribution < 1.29 is 4.74 Å². The van der Waals surface area contributed by atoms with Crippen molar-refractivity contribution in [2.24, 2.45) is 5.92 Å². The zero-order valence-electron chi connectivity index (χ0n) is 13.3. The molecule has 0 aliphatic rings. The molecule has 20 heavy (non-hydrogen) atoms. The van der Waals surface area contributed by atoms with Gasteiger partial charge in [0, 0.05) is 30.4 Å². The predicted octanol–water partition coefficient (Wildman–Crippen LogP) is 4.13. The first-order valence-corrected chi connectivity index (χ1v) is 8.57. The van der Waals surface area contributed by atoms with Gasteiger partial charge >= 0.3 is 0 Å².